The maximum atomic E-state index is 14.6. The molecule has 0 spiro atoms. The van der Waals surface area contributed by atoms with Gasteiger partial charge in [0.05, 0.1) is 56.0 Å². The summed E-state index contributed by atoms with van der Waals surface area (Å²) < 4.78 is 298. The molecule has 33 heteroatoms. The van der Waals surface area contributed by atoms with Gasteiger partial charge in [0, 0.05) is 110 Å². The molecule has 0 aliphatic heterocycles. The molecule has 3 radical (unpaired) electrons. The van der Waals surface area contributed by atoms with E-state index < -0.39 is 116 Å². The predicted octanol–water partition coefficient (Wildman–Crippen LogP) is 30.4. The van der Waals surface area contributed by atoms with Crippen LogP contribution in [0.25, 0.3) is 160 Å². The Labute approximate surface area is 741 Å². The summed E-state index contributed by atoms with van der Waals surface area (Å²) >= 11 is 4.17. The van der Waals surface area contributed by atoms with E-state index in [0.29, 0.717) is 64.4 Å². The van der Waals surface area contributed by atoms with Crippen LogP contribution in [0.1, 0.15) is 72.3 Å². The van der Waals surface area contributed by atoms with Crippen molar-refractivity contribution >= 4 is 129 Å². The van der Waals surface area contributed by atoms with Crippen LogP contribution >= 0.6 is 34.0 Å². The van der Waals surface area contributed by atoms with E-state index in [1.165, 1.54) is 60.8 Å². The Morgan fingerprint density at radius 1 is 0.234 bits per heavy atom. The molecular formula is C91H50F21Ir3N6S3-3. The van der Waals surface area contributed by atoms with E-state index >= 15 is 0 Å². The largest absolute Gasteiger partial charge is 0.417 e. The molecule has 0 atom stereocenters. The third-order valence-electron chi connectivity index (χ3n) is 21.3. The number of nitrogens with zero attached hydrogens (tertiary/aromatic N) is 6. The van der Waals surface area contributed by atoms with Crippen LogP contribution in [0.3, 0.4) is 0 Å². The Balaban J connectivity index is 0.000000158. The number of aromatic nitrogens is 6. The predicted molar refractivity (Wildman–Crippen MR) is 430 cm³/mol. The number of fused-ring (bicyclic) bond motifs is 9. The molecule has 0 saturated carbocycles. The summed E-state index contributed by atoms with van der Waals surface area (Å²) in [4.78, 5) is 1.84. The van der Waals surface area contributed by atoms with Crippen molar-refractivity contribution in [1.29, 1.82) is 0 Å². The van der Waals surface area contributed by atoms with E-state index in [2.05, 4.69) is 48.8 Å². The van der Waals surface area contributed by atoms with Crippen LogP contribution in [-0.4, -0.2) is 30.6 Å². The van der Waals surface area contributed by atoms with Crippen LogP contribution in [0.5, 0.6) is 0 Å². The van der Waals surface area contributed by atoms with Gasteiger partial charge in [-0.2, -0.15) is 123 Å². The average molecular weight is 2300 g/mol. The Bertz CT molecular complexity index is 7190. The Morgan fingerprint density at radius 2 is 0.508 bits per heavy atom. The molecule has 0 saturated heterocycles. The van der Waals surface area contributed by atoms with Gasteiger partial charge >= 0.3 is 43.2 Å². The van der Waals surface area contributed by atoms with Crippen molar-refractivity contribution in [1.82, 2.24) is 30.6 Å². The third kappa shape index (κ3) is 16.9. The smallest absolute Gasteiger partial charge is 0.206 e. The summed E-state index contributed by atoms with van der Waals surface area (Å²) in [6.45, 7) is 6.52. The van der Waals surface area contributed by atoms with Gasteiger partial charge in [0.15, 0.2) is 0 Å². The van der Waals surface area contributed by atoms with Crippen molar-refractivity contribution in [3.63, 3.8) is 0 Å². The van der Waals surface area contributed by atoms with Crippen LogP contribution < -0.4 is 0 Å². The first-order chi connectivity index (χ1) is 56.9. The van der Waals surface area contributed by atoms with Gasteiger partial charge in [-0.1, -0.05) is 127 Å². The van der Waals surface area contributed by atoms with Crippen molar-refractivity contribution in [2.75, 3.05) is 0 Å². The maximum Gasteiger partial charge on any atom is 0.417 e. The summed E-state index contributed by atoms with van der Waals surface area (Å²) in [5.41, 5.74) is -17.4. The molecule has 0 amide bonds. The Hall–Kier alpha value is -10.2. The molecule has 0 N–H and O–H groups in total. The first-order valence-electron chi connectivity index (χ1n) is 36.2. The molecule has 6 heterocycles. The summed E-state index contributed by atoms with van der Waals surface area (Å²) in [6.07, 6.45) is -38.0. The maximum absolute atomic E-state index is 14.6. The topological polar surface area (TPSA) is 77.3 Å². The minimum atomic E-state index is -6.00. The number of rotatable bonds is 6. The van der Waals surface area contributed by atoms with Crippen LogP contribution in [-0.2, 0) is 104 Å². The van der Waals surface area contributed by atoms with Gasteiger partial charge in [-0.05, 0) is 182 Å². The Morgan fingerprint density at radius 3 is 0.831 bits per heavy atom. The van der Waals surface area contributed by atoms with Gasteiger partial charge in [0.25, 0.3) is 0 Å². The summed E-state index contributed by atoms with van der Waals surface area (Å²) in [6, 6.07) is 65.0. The van der Waals surface area contributed by atoms with E-state index in [1.54, 1.807) is 60.7 Å². The van der Waals surface area contributed by atoms with Crippen molar-refractivity contribution in [3.05, 3.63) is 285 Å². The zero-order valence-corrected chi connectivity index (χ0v) is 73.5. The van der Waals surface area contributed by atoms with Gasteiger partial charge in [0.1, 0.15) is 0 Å². The van der Waals surface area contributed by atoms with Gasteiger partial charge < -0.3 is 0 Å². The molecule has 0 unspecified atom stereocenters. The fourth-order valence-electron chi connectivity index (χ4n) is 15.4. The summed E-state index contributed by atoms with van der Waals surface area (Å²) in [5, 5.41) is 34.7. The van der Waals surface area contributed by atoms with Gasteiger partial charge in [-0.3, -0.25) is 0 Å². The fourth-order valence-corrected chi connectivity index (χ4v) is 18.4. The molecule has 639 valence electrons. The molecule has 6 aromatic heterocycles. The fraction of sp³-hybridized carbons (Fsp3) is 0.143. The van der Waals surface area contributed by atoms with Crippen LogP contribution in [0.4, 0.5) is 92.2 Å². The quantitative estimate of drug-likeness (QED) is 0.0938. The van der Waals surface area contributed by atoms with Crippen molar-refractivity contribution in [2.24, 2.45) is 0 Å². The molecule has 18 rings (SSSR count). The second kappa shape index (κ2) is 33.6. The van der Waals surface area contributed by atoms with Crippen molar-refractivity contribution < 1.29 is 153 Å². The van der Waals surface area contributed by atoms with E-state index in [9.17, 15) is 92.2 Å². The van der Waals surface area contributed by atoms with E-state index in [1.807, 2.05) is 115 Å². The minimum Gasteiger partial charge on any atom is -0.206 e. The normalized spacial score (nSPS) is 12.4. The standard InChI is InChI=1S/C31H16F9N2S.2C30H17F6N2S.3Ir/c1-14-15(2)24(29(32,33)34)26(31(38,39)40)25(30(35,36)37)23(14)28-20-12-17-8-4-3-7-16(17)11-19(20)27(41-42-28)22-13-18-9-5-6-10-21(18)43-22;1-15-16(2)26(30(34,35)36)23(29(31,32)33)14-20(15)27-21-11-17-7-3-4-8-18(17)12-22(21)28(38-37-27)25-13-19-9-5-6-10-24(19)39-25;1-15-16(2)26(23(30(34,35)36)14-22(15)29(31,32)33)28-21-12-18-8-4-3-7-17(18)11-20(21)27(37-38-28)25-13-19-9-5-6-10-24(19)39-25;;;/h3-12H,1-2H3;2*3-12,14H,1-2H3;;;/q3*-1;;;. The van der Waals surface area contributed by atoms with Crippen molar-refractivity contribution in [3.8, 4) is 65.5 Å². The SMILES string of the molecule is Cc1c(-c2nnc(-c3[c-]c4ccccc4s3)c3cc4ccccc4cc23)cc(C(F)(F)F)c(C(F)(F)F)c1C.Cc1c(C(F)(F)F)cc(C(F)(F)F)c(-c2nnc(-c3[c-]c4ccccc4s3)c3cc4ccccc4cc23)c1C.Cc1c(C)c(C(F)(F)F)c(C(F)(F)F)c(C(F)(F)F)c1-c1nnc(-c2[c-]c3ccccc3s2)c2cc3ccccc3cc12.[Ir].[Ir].[Ir]. The monoisotopic (exact) mass is 2300 g/mol. The zero-order chi connectivity index (χ0) is 86.4. The molecule has 124 heavy (non-hydrogen) atoms. The molecule has 6 nitrogen and oxygen atoms in total. The molecule has 0 aliphatic carbocycles. The first kappa shape index (κ1) is 91.5. The molecule has 0 fully saturated rings. The molecular weight excluding hydrogens is 2250 g/mol. The average Bonchev–Trinajstić information content (AvgIpc) is 0.982. The van der Waals surface area contributed by atoms with E-state index in [-0.39, 0.29) is 116 Å². The van der Waals surface area contributed by atoms with E-state index in [4.69, 9.17) is 0 Å². The molecule has 0 aliphatic rings. The van der Waals surface area contributed by atoms with Gasteiger partial charge in [-0.15, -0.1) is 70.8 Å². The number of thiophene rings is 3. The summed E-state index contributed by atoms with van der Waals surface area (Å²) in [5.74, 6) is 0. The van der Waals surface area contributed by atoms with Crippen LogP contribution in [0.2, 0.25) is 0 Å². The van der Waals surface area contributed by atoms with Gasteiger partial charge in [-0.25, -0.2) is 34.0 Å². The van der Waals surface area contributed by atoms with Crippen LogP contribution in [0, 0.1) is 59.7 Å². The molecule has 18 aromatic rings. The number of alkyl halides is 21. The molecule has 0 bridgehead atoms. The first-order valence-corrected chi connectivity index (χ1v) is 38.7. The number of hydrogen-bond acceptors (Lipinski definition) is 9. The third-order valence-corrected chi connectivity index (χ3v) is 24.5. The number of benzene rings is 12. The second-order valence-electron chi connectivity index (χ2n) is 28.5. The minimum absolute atomic E-state index is 0. The van der Waals surface area contributed by atoms with E-state index in [0.717, 1.165) is 72.6 Å². The van der Waals surface area contributed by atoms with Crippen molar-refractivity contribution in [2.45, 2.75) is 84.8 Å². The second-order valence-corrected chi connectivity index (χ2v) is 31.7. The van der Waals surface area contributed by atoms with Gasteiger partial charge in [0.2, 0.25) is 0 Å². The Kier molecular flexibility index (Phi) is 24.8. The zero-order valence-electron chi connectivity index (χ0n) is 63.8. The number of halogens is 21. The van der Waals surface area contributed by atoms with Crippen LogP contribution in [0.15, 0.2) is 194 Å². The molecule has 12 aromatic carbocycles. The number of hydrogen-bond donors (Lipinski definition) is 0. The summed E-state index contributed by atoms with van der Waals surface area (Å²) in [7, 11) is 0.